The van der Waals surface area contributed by atoms with E-state index in [0.717, 1.165) is 0 Å². The molecule has 10 aromatic rings. The van der Waals surface area contributed by atoms with Crippen LogP contribution < -0.4 is 0 Å². The predicted molar refractivity (Wildman–Crippen MR) is 216 cm³/mol. The average Bonchev–Trinajstić information content (AvgIpc) is 3.19. The molecule has 0 aliphatic carbocycles. The Hall–Kier alpha value is -6.50. The van der Waals surface area contributed by atoms with Crippen LogP contribution in [-0.2, 0) is 0 Å². The fraction of sp³-hybridized carbons (Fsp3) is 0. The van der Waals surface area contributed by atoms with E-state index in [1.165, 1.54) is 98.4 Å². The summed E-state index contributed by atoms with van der Waals surface area (Å²) in [5.41, 5.74) is 10.00. The van der Waals surface area contributed by atoms with Gasteiger partial charge in [0, 0.05) is 0 Å². The molecule has 0 atom stereocenters. The van der Waals surface area contributed by atoms with E-state index in [1.54, 1.807) is 0 Å². The Balaban J connectivity index is 1.17. The SMILES string of the molecule is c1ccc(-c2ccc3cc(-c4cccc(-c5c6ccccc6c(-c6cc7ccccc7c7ccccc67)c6ccccc56)c4)ccc3c2)cc1. The van der Waals surface area contributed by atoms with Gasteiger partial charge in [0.2, 0.25) is 0 Å². The van der Waals surface area contributed by atoms with E-state index in [4.69, 9.17) is 0 Å². The predicted octanol–water partition coefficient (Wildman–Crippen LogP) is 14.1. The van der Waals surface area contributed by atoms with Gasteiger partial charge in [-0.15, -0.1) is 0 Å². The third-order valence-electron chi connectivity index (χ3n) is 10.4. The number of hydrogen-bond donors (Lipinski definition) is 0. The Morgan fingerprint density at radius 3 is 1.32 bits per heavy atom. The summed E-state index contributed by atoms with van der Waals surface area (Å²) in [6, 6.07) is 71.3. The van der Waals surface area contributed by atoms with Gasteiger partial charge in [-0.1, -0.05) is 170 Å². The molecule has 0 aliphatic rings. The summed E-state index contributed by atoms with van der Waals surface area (Å²) < 4.78 is 0. The van der Waals surface area contributed by atoms with Crippen molar-refractivity contribution in [1.82, 2.24) is 0 Å². The molecule has 0 amide bonds. The van der Waals surface area contributed by atoms with Gasteiger partial charge >= 0.3 is 0 Å². The molecule has 232 valence electrons. The lowest BCUT2D eigenvalue weighted by molar-refractivity contribution is 1.62. The van der Waals surface area contributed by atoms with Crippen molar-refractivity contribution in [2.24, 2.45) is 0 Å². The minimum absolute atomic E-state index is 1.22. The van der Waals surface area contributed by atoms with Gasteiger partial charge in [0.15, 0.2) is 0 Å². The lowest BCUT2D eigenvalue weighted by Crippen LogP contribution is -1.92. The third-order valence-corrected chi connectivity index (χ3v) is 10.4. The van der Waals surface area contributed by atoms with Gasteiger partial charge in [-0.25, -0.2) is 0 Å². The first-order valence-corrected chi connectivity index (χ1v) is 17.3. The smallest absolute Gasteiger partial charge is 0.00199 e. The van der Waals surface area contributed by atoms with Gasteiger partial charge in [0.05, 0.1) is 0 Å². The van der Waals surface area contributed by atoms with Crippen LogP contribution in [0.4, 0.5) is 0 Å². The zero-order chi connectivity index (χ0) is 33.0. The second-order valence-corrected chi connectivity index (χ2v) is 13.3. The molecule has 0 radical (unpaired) electrons. The summed E-state index contributed by atoms with van der Waals surface area (Å²) in [5.74, 6) is 0. The average molecular weight is 633 g/mol. The maximum absolute atomic E-state index is 2.40. The van der Waals surface area contributed by atoms with Crippen molar-refractivity contribution >= 4 is 53.9 Å². The first-order chi connectivity index (χ1) is 24.8. The summed E-state index contributed by atoms with van der Waals surface area (Å²) in [7, 11) is 0. The molecule has 0 saturated heterocycles. The Morgan fingerprint density at radius 1 is 0.200 bits per heavy atom. The molecule has 0 heteroatoms. The highest BCUT2D eigenvalue weighted by molar-refractivity contribution is 6.25. The molecule has 0 unspecified atom stereocenters. The van der Waals surface area contributed by atoms with Crippen LogP contribution in [0.5, 0.6) is 0 Å². The molecule has 0 N–H and O–H groups in total. The summed E-state index contributed by atoms with van der Waals surface area (Å²) in [6.07, 6.45) is 0. The molecule has 10 aromatic carbocycles. The maximum Gasteiger partial charge on any atom is -0.00199 e. The fourth-order valence-corrected chi connectivity index (χ4v) is 8.08. The van der Waals surface area contributed by atoms with Crippen LogP contribution in [0.2, 0.25) is 0 Å². The fourth-order valence-electron chi connectivity index (χ4n) is 8.08. The summed E-state index contributed by atoms with van der Waals surface area (Å²) >= 11 is 0. The molecular formula is C50H32. The first-order valence-electron chi connectivity index (χ1n) is 17.3. The standard InChI is InChI=1S/C50H32/c1-2-13-33(14-3-1)35-25-26-38-30-36(27-28-37(38)29-35)34-16-12-17-40(31-34)49-44-21-8-10-23-46(44)50(47-24-11-9-22-45(47)49)48-32-39-15-4-5-18-41(39)42-19-6-7-20-43(42)48/h1-32H. The van der Waals surface area contributed by atoms with Gasteiger partial charge in [0.25, 0.3) is 0 Å². The quantitative estimate of drug-likeness (QED) is 0.134. The molecule has 0 nitrogen and oxygen atoms in total. The van der Waals surface area contributed by atoms with Gasteiger partial charge in [-0.05, 0) is 123 Å². The molecule has 0 spiro atoms. The van der Waals surface area contributed by atoms with E-state index >= 15 is 0 Å². The van der Waals surface area contributed by atoms with Crippen molar-refractivity contribution in [3.05, 3.63) is 194 Å². The lowest BCUT2D eigenvalue weighted by atomic mass is 9.83. The lowest BCUT2D eigenvalue weighted by Gasteiger charge is -2.20. The molecule has 0 saturated carbocycles. The van der Waals surface area contributed by atoms with Gasteiger partial charge < -0.3 is 0 Å². The topological polar surface area (TPSA) is 0 Å². The Kier molecular flexibility index (Phi) is 6.60. The van der Waals surface area contributed by atoms with E-state index in [2.05, 4.69) is 194 Å². The van der Waals surface area contributed by atoms with Crippen LogP contribution in [0.25, 0.3) is 98.4 Å². The van der Waals surface area contributed by atoms with Crippen molar-refractivity contribution in [1.29, 1.82) is 0 Å². The second-order valence-electron chi connectivity index (χ2n) is 13.3. The van der Waals surface area contributed by atoms with Crippen molar-refractivity contribution in [2.75, 3.05) is 0 Å². The second kappa shape index (κ2) is 11.6. The third kappa shape index (κ3) is 4.61. The number of benzene rings is 10. The van der Waals surface area contributed by atoms with E-state index in [-0.39, 0.29) is 0 Å². The van der Waals surface area contributed by atoms with Crippen LogP contribution in [0, 0.1) is 0 Å². The Labute approximate surface area is 291 Å². The van der Waals surface area contributed by atoms with E-state index in [9.17, 15) is 0 Å². The van der Waals surface area contributed by atoms with Crippen LogP contribution in [0.15, 0.2) is 194 Å². The maximum atomic E-state index is 2.40. The first kappa shape index (κ1) is 28.5. The molecule has 0 heterocycles. The van der Waals surface area contributed by atoms with Gasteiger partial charge in [0.1, 0.15) is 0 Å². The number of hydrogen-bond acceptors (Lipinski definition) is 0. The monoisotopic (exact) mass is 632 g/mol. The normalized spacial score (nSPS) is 11.6. The van der Waals surface area contributed by atoms with E-state index < -0.39 is 0 Å². The minimum Gasteiger partial charge on any atom is -0.0622 e. The summed E-state index contributed by atoms with van der Waals surface area (Å²) in [4.78, 5) is 0. The van der Waals surface area contributed by atoms with E-state index in [0.29, 0.717) is 0 Å². The van der Waals surface area contributed by atoms with Crippen LogP contribution in [0.1, 0.15) is 0 Å². The van der Waals surface area contributed by atoms with Crippen molar-refractivity contribution < 1.29 is 0 Å². The highest BCUT2D eigenvalue weighted by Gasteiger charge is 2.19. The molecular weight excluding hydrogens is 601 g/mol. The molecule has 50 heavy (non-hydrogen) atoms. The zero-order valence-corrected chi connectivity index (χ0v) is 27.5. The minimum atomic E-state index is 1.22. The largest absolute Gasteiger partial charge is 0.0622 e. The number of rotatable bonds is 4. The molecule has 0 aliphatic heterocycles. The summed E-state index contributed by atoms with van der Waals surface area (Å²) in [5, 5.41) is 12.7. The Morgan fingerprint density at radius 2 is 0.660 bits per heavy atom. The van der Waals surface area contributed by atoms with Crippen molar-refractivity contribution in [3.63, 3.8) is 0 Å². The van der Waals surface area contributed by atoms with Gasteiger partial charge in [-0.3, -0.25) is 0 Å². The summed E-state index contributed by atoms with van der Waals surface area (Å²) in [6.45, 7) is 0. The van der Waals surface area contributed by atoms with Crippen LogP contribution >= 0.6 is 0 Å². The van der Waals surface area contributed by atoms with E-state index in [1.807, 2.05) is 0 Å². The zero-order valence-electron chi connectivity index (χ0n) is 27.5. The Bertz CT molecular complexity index is 2860. The highest BCUT2D eigenvalue weighted by atomic mass is 14.2. The van der Waals surface area contributed by atoms with Crippen LogP contribution in [0.3, 0.4) is 0 Å². The molecule has 10 rings (SSSR count). The molecule has 0 fully saturated rings. The number of fused-ring (bicyclic) bond motifs is 6. The highest BCUT2D eigenvalue weighted by Crippen LogP contribution is 2.47. The molecule has 0 bridgehead atoms. The van der Waals surface area contributed by atoms with Crippen LogP contribution in [-0.4, -0.2) is 0 Å². The van der Waals surface area contributed by atoms with Crippen molar-refractivity contribution in [3.8, 4) is 44.5 Å². The van der Waals surface area contributed by atoms with Gasteiger partial charge in [-0.2, -0.15) is 0 Å². The molecule has 0 aromatic heterocycles. The van der Waals surface area contributed by atoms with Crippen molar-refractivity contribution in [2.45, 2.75) is 0 Å².